The SMILES string of the molecule is COc1c(O)c(C)c2c(C(=O)c3ccc(Cl)cc3)c3n(c2c1OC)CCCN3. The van der Waals surface area contributed by atoms with Gasteiger partial charge in [0.2, 0.25) is 5.75 Å². The van der Waals surface area contributed by atoms with Gasteiger partial charge in [-0.25, -0.2) is 0 Å². The molecule has 7 heteroatoms. The summed E-state index contributed by atoms with van der Waals surface area (Å²) in [7, 11) is 3.02. The van der Waals surface area contributed by atoms with Crippen molar-refractivity contribution in [3.63, 3.8) is 0 Å². The number of ether oxygens (including phenoxy) is 2. The van der Waals surface area contributed by atoms with Crippen LogP contribution in [0.4, 0.5) is 5.82 Å². The Balaban J connectivity index is 2.10. The molecule has 0 saturated carbocycles. The van der Waals surface area contributed by atoms with Gasteiger partial charge in [0.15, 0.2) is 17.3 Å². The number of nitrogens with zero attached hydrogens (tertiary/aromatic N) is 1. The molecule has 2 heterocycles. The van der Waals surface area contributed by atoms with Gasteiger partial charge in [-0.15, -0.1) is 0 Å². The number of anilines is 1. The maximum absolute atomic E-state index is 13.5. The Bertz CT molecular complexity index is 1090. The second-order valence-corrected chi connectivity index (χ2v) is 7.19. The van der Waals surface area contributed by atoms with Crippen molar-refractivity contribution in [2.24, 2.45) is 0 Å². The Hall–Kier alpha value is -2.86. The van der Waals surface area contributed by atoms with Gasteiger partial charge < -0.3 is 24.5 Å². The van der Waals surface area contributed by atoms with Crippen molar-refractivity contribution in [1.82, 2.24) is 4.57 Å². The molecule has 0 fully saturated rings. The van der Waals surface area contributed by atoms with E-state index in [1.54, 1.807) is 31.2 Å². The summed E-state index contributed by atoms with van der Waals surface area (Å²) < 4.78 is 13.0. The molecule has 0 saturated heterocycles. The fraction of sp³-hybridized carbons (Fsp3) is 0.286. The van der Waals surface area contributed by atoms with Gasteiger partial charge in [-0.2, -0.15) is 0 Å². The Labute approximate surface area is 167 Å². The first kappa shape index (κ1) is 18.5. The first-order valence-electron chi connectivity index (χ1n) is 9.03. The van der Waals surface area contributed by atoms with E-state index in [1.165, 1.54) is 14.2 Å². The molecule has 0 aliphatic carbocycles. The number of hydrogen-bond acceptors (Lipinski definition) is 5. The molecular formula is C21H21ClN2O4. The number of carbonyl (C=O) groups excluding carboxylic acids is 1. The predicted octanol–water partition coefficient (Wildman–Crippen LogP) is 4.37. The Morgan fingerprint density at radius 3 is 2.50 bits per heavy atom. The topological polar surface area (TPSA) is 72.7 Å². The van der Waals surface area contributed by atoms with E-state index in [1.807, 2.05) is 4.57 Å². The average Bonchev–Trinajstić information content (AvgIpc) is 3.05. The van der Waals surface area contributed by atoms with Crippen LogP contribution in [0.5, 0.6) is 17.2 Å². The smallest absolute Gasteiger partial charge is 0.205 e. The number of aromatic hydroxyl groups is 1. The summed E-state index contributed by atoms with van der Waals surface area (Å²) in [6.07, 6.45) is 0.913. The number of halogens is 1. The molecule has 1 aromatic heterocycles. The third kappa shape index (κ3) is 2.59. The molecule has 0 spiro atoms. The highest BCUT2D eigenvalue weighted by molar-refractivity contribution is 6.31. The van der Waals surface area contributed by atoms with Crippen molar-refractivity contribution >= 4 is 34.1 Å². The van der Waals surface area contributed by atoms with Gasteiger partial charge in [0, 0.05) is 34.6 Å². The van der Waals surface area contributed by atoms with Crippen molar-refractivity contribution < 1.29 is 19.4 Å². The lowest BCUT2D eigenvalue weighted by molar-refractivity contribution is 0.104. The van der Waals surface area contributed by atoms with E-state index in [9.17, 15) is 9.90 Å². The lowest BCUT2D eigenvalue weighted by Crippen LogP contribution is -2.18. The van der Waals surface area contributed by atoms with Crippen LogP contribution in [0.25, 0.3) is 10.9 Å². The zero-order valence-electron chi connectivity index (χ0n) is 15.9. The number of hydrogen-bond donors (Lipinski definition) is 2. The van der Waals surface area contributed by atoms with Crippen LogP contribution in [-0.4, -0.2) is 36.2 Å². The minimum absolute atomic E-state index is 0.0278. The zero-order chi connectivity index (χ0) is 20.0. The highest BCUT2D eigenvalue weighted by Crippen LogP contribution is 2.50. The van der Waals surface area contributed by atoms with Crippen molar-refractivity contribution in [2.75, 3.05) is 26.1 Å². The molecule has 0 radical (unpaired) electrons. The van der Waals surface area contributed by atoms with Crippen LogP contribution < -0.4 is 14.8 Å². The fourth-order valence-electron chi connectivity index (χ4n) is 3.92. The molecule has 0 bridgehead atoms. The predicted molar refractivity (Wildman–Crippen MR) is 109 cm³/mol. The van der Waals surface area contributed by atoms with E-state index in [2.05, 4.69) is 5.32 Å². The van der Waals surface area contributed by atoms with E-state index in [-0.39, 0.29) is 17.3 Å². The second kappa shape index (κ2) is 6.95. The van der Waals surface area contributed by atoms with Gasteiger partial charge in [0.25, 0.3) is 0 Å². The largest absolute Gasteiger partial charge is 0.504 e. The van der Waals surface area contributed by atoms with E-state index < -0.39 is 0 Å². The number of rotatable bonds is 4. The number of fused-ring (bicyclic) bond motifs is 3. The van der Waals surface area contributed by atoms with Crippen LogP contribution in [0.1, 0.15) is 27.9 Å². The normalized spacial score (nSPS) is 13.1. The first-order chi connectivity index (χ1) is 13.5. The first-order valence-corrected chi connectivity index (χ1v) is 9.41. The number of nitrogens with one attached hydrogen (secondary N) is 1. The number of phenolic OH excluding ortho intramolecular Hbond substituents is 1. The molecular weight excluding hydrogens is 380 g/mol. The third-order valence-electron chi connectivity index (χ3n) is 5.22. The summed E-state index contributed by atoms with van der Waals surface area (Å²) in [5.74, 6) is 1.25. The van der Waals surface area contributed by atoms with Crippen LogP contribution in [0, 0.1) is 6.92 Å². The summed E-state index contributed by atoms with van der Waals surface area (Å²) in [6, 6.07) is 6.81. The monoisotopic (exact) mass is 400 g/mol. The van der Waals surface area contributed by atoms with Crippen LogP contribution in [-0.2, 0) is 6.54 Å². The number of aryl methyl sites for hydroxylation is 2. The van der Waals surface area contributed by atoms with Gasteiger partial charge >= 0.3 is 0 Å². The summed E-state index contributed by atoms with van der Waals surface area (Å²) in [5.41, 5.74) is 2.37. The van der Waals surface area contributed by atoms with Crippen LogP contribution in [0.15, 0.2) is 24.3 Å². The van der Waals surface area contributed by atoms with Crippen LogP contribution >= 0.6 is 11.6 Å². The fourth-order valence-corrected chi connectivity index (χ4v) is 4.05. The van der Waals surface area contributed by atoms with Crippen molar-refractivity contribution in [3.05, 3.63) is 46.0 Å². The molecule has 3 aromatic rings. The summed E-state index contributed by atoms with van der Waals surface area (Å²) in [5, 5.41) is 15.3. The maximum Gasteiger partial charge on any atom is 0.205 e. The van der Waals surface area contributed by atoms with Crippen LogP contribution in [0.3, 0.4) is 0 Å². The molecule has 0 amide bonds. The van der Waals surface area contributed by atoms with E-state index >= 15 is 0 Å². The zero-order valence-corrected chi connectivity index (χ0v) is 16.7. The van der Waals surface area contributed by atoms with Gasteiger partial charge in [0.1, 0.15) is 5.82 Å². The maximum atomic E-state index is 13.5. The molecule has 0 atom stereocenters. The lowest BCUT2D eigenvalue weighted by Gasteiger charge is -2.20. The molecule has 1 aliphatic heterocycles. The second-order valence-electron chi connectivity index (χ2n) is 6.76. The molecule has 2 aromatic carbocycles. The standard InChI is InChI=1S/C21H21ClN2O4/c1-11-14-15(18(26)12-5-7-13(22)8-6-12)21-23-9-4-10-24(21)16(14)19(27-2)20(28-3)17(11)25/h5-8,23,25H,4,9-10H2,1-3H3. The van der Waals surface area contributed by atoms with E-state index in [0.29, 0.717) is 32.8 Å². The quantitative estimate of drug-likeness (QED) is 0.636. The number of carbonyl (C=O) groups is 1. The van der Waals surface area contributed by atoms with Gasteiger partial charge in [-0.05, 0) is 37.6 Å². The van der Waals surface area contributed by atoms with E-state index in [0.717, 1.165) is 30.8 Å². The molecule has 6 nitrogen and oxygen atoms in total. The number of methoxy groups -OCH3 is 2. The van der Waals surface area contributed by atoms with Crippen LogP contribution in [0.2, 0.25) is 5.02 Å². The van der Waals surface area contributed by atoms with Gasteiger partial charge in [-0.3, -0.25) is 4.79 Å². The molecule has 1 aliphatic rings. The summed E-state index contributed by atoms with van der Waals surface area (Å²) >= 11 is 5.98. The third-order valence-corrected chi connectivity index (χ3v) is 5.47. The minimum atomic E-state index is -0.139. The average molecular weight is 401 g/mol. The minimum Gasteiger partial charge on any atom is -0.504 e. The highest BCUT2D eigenvalue weighted by atomic mass is 35.5. The number of ketones is 1. The van der Waals surface area contributed by atoms with Crippen molar-refractivity contribution in [1.29, 1.82) is 0 Å². The van der Waals surface area contributed by atoms with Crippen molar-refractivity contribution in [3.8, 4) is 17.2 Å². The Morgan fingerprint density at radius 1 is 1.18 bits per heavy atom. The lowest BCUT2D eigenvalue weighted by atomic mass is 9.98. The summed E-state index contributed by atoms with van der Waals surface area (Å²) in [4.78, 5) is 13.5. The number of aromatic nitrogens is 1. The number of benzene rings is 2. The van der Waals surface area contributed by atoms with Gasteiger partial charge in [-0.1, -0.05) is 11.6 Å². The molecule has 28 heavy (non-hydrogen) atoms. The summed E-state index contributed by atoms with van der Waals surface area (Å²) in [6.45, 7) is 3.28. The number of phenols is 1. The van der Waals surface area contributed by atoms with Gasteiger partial charge in [0.05, 0.1) is 25.3 Å². The molecule has 2 N–H and O–H groups in total. The van der Waals surface area contributed by atoms with E-state index in [4.69, 9.17) is 21.1 Å². The highest BCUT2D eigenvalue weighted by Gasteiger charge is 2.32. The molecule has 4 rings (SSSR count). The molecule has 0 unspecified atom stereocenters. The van der Waals surface area contributed by atoms with Crippen molar-refractivity contribution in [2.45, 2.75) is 19.9 Å². The molecule has 146 valence electrons. The Kier molecular flexibility index (Phi) is 4.59. The Morgan fingerprint density at radius 2 is 1.86 bits per heavy atom.